The number of pyridine rings is 2. The second kappa shape index (κ2) is 7.15. The van der Waals surface area contributed by atoms with E-state index >= 15 is 0 Å². The summed E-state index contributed by atoms with van der Waals surface area (Å²) in [5.74, 6) is -0.0128. The molecule has 0 aliphatic rings. The number of hydrogen-bond acceptors (Lipinski definition) is 7. The number of imidazole rings is 1. The number of rotatable bonds is 4. The van der Waals surface area contributed by atoms with Gasteiger partial charge in [-0.1, -0.05) is 0 Å². The van der Waals surface area contributed by atoms with E-state index in [4.69, 9.17) is 9.47 Å². The molecule has 0 N–H and O–H groups in total. The van der Waals surface area contributed by atoms with E-state index in [2.05, 4.69) is 20.2 Å². The van der Waals surface area contributed by atoms with Crippen LogP contribution in [0.15, 0.2) is 41.7 Å². The van der Waals surface area contributed by atoms with Crippen molar-refractivity contribution in [2.24, 2.45) is 14.1 Å². The molecule has 0 fully saturated rings. The number of aromatic nitrogens is 7. The highest BCUT2D eigenvalue weighted by Gasteiger charge is 2.23. The average Bonchev–Trinajstić information content (AvgIpc) is 3.34. The van der Waals surface area contributed by atoms with Crippen LogP contribution in [0.25, 0.3) is 38.9 Å². The highest BCUT2D eigenvalue weighted by Crippen LogP contribution is 2.36. The Bertz CT molecular complexity index is 1570. The minimum absolute atomic E-state index is 0.0255. The van der Waals surface area contributed by atoms with Gasteiger partial charge in [0.05, 0.1) is 55.6 Å². The number of halogens is 1. The Morgan fingerprint density at radius 2 is 1.78 bits per heavy atom. The number of hydrogen-bond donors (Lipinski definition) is 0. The van der Waals surface area contributed by atoms with Crippen LogP contribution in [0.4, 0.5) is 4.39 Å². The molecule has 0 radical (unpaired) electrons. The largest absolute Gasteiger partial charge is 0.496 e. The first-order chi connectivity index (χ1) is 15.4. The van der Waals surface area contributed by atoms with Crippen LogP contribution in [0.3, 0.4) is 0 Å². The van der Waals surface area contributed by atoms with Crippen LogP contribution >= 0.6 is 0 Å². The van der Waals surface area contributed by atoms with Crippen LogP contribution < -0.4 is 15.2 Å². The van der Waals surface area contributed by atoms with E-state index in [0.717, 1.165) is 6.20 Å². The monoisotopic (exact) mass is 435 g/mol. The van der Waals surface area contributed by atoms with Gasteiger partial charge in [-0.3, -0.25) is 19.1 Å². The van der Waals surface area contributed by atoms with Crippen LogP contribution in [0.2, 0.25) is 0 Å². The van der Waals surface area contributed by atoms with Crippen molar-refractivity contribution < 1.29 is 13.9 Å². The second-order valence-electron chi connectivity index (χ2n) is 7.13. The molecular formula is C21H18FN7O3. The predicted molar refractivity (Wildman–Crippen MR) is 115 cm³/mol. The summed E-state index contributed by atoms with van der Waals surface area (Å²) in [6.45, 7) is 0. The lowest BCUT2D eigenvalue weighted by Gasteiger charge is -2.12. The normalized spacial score (nSPS) is 11.4. The van der Waals surface area contributed by atoms with Gasteiger partial charge in [0, 0.05) is 31.1 Å². The molecule has 0 bridgehead atoms. The first-order valence-electron chi connectivity index (χ1n) is 9.57. The molecule has 0 saturated heterocycles. The van der Waals surface area contributed by atoms with E-state index in [1.165, 1.54) is 27.2 Å². The van der Waals surface area contributed by atoms with Crippen molar-refractivity contribution in [2.75, 3.05) is 14.2 Å². The fourth-order valence-corrected chi connectivity index (χ4v) is 3.85. The van der Waals surface area contributed by atoms with Gasteiger partial charge in [0.1, 0.15) is 17.1 Å². The summed E-state index contributed by atoms with van der Waals surface area (Å²) >= 11 is 0. The lowest BCUT2D eigenvalue weighted by molar-refractivity contribution is 0.406. The number of fused-ring (bicyclic) bond motifs is 3. The van der Waals surface area contributed by atoms with E-state index in [9.17, 15) is 9.18 Å². The Morgan fingerprint density at radius 1 is 1.00 bits per heavy atom. The highest BCUT2D eigenvalue weighted by molar-refractivity contribution is 6.05. The van der Waals surface area contributed by atoms with Crippen LogP contribution in [0, 0.1) is 5.82 Å². The molecule has 0 unspecified atom stereocenters. The van der Waals surface area contributed by atoms with Crippen molar-refractivity contribution in [3.8, 4) is 28.4 Å². The summed E-state index contributed by atoms with van der Waals surface area (Å²) in [5.41, 5.74) is 2.33. The molecule has 11 heteroatoms. The van der Waals surface area contributed by atoms with Crippen molar-refractivity contribution in [3.63, 3.8) is 0 Å². The van der Waals surface area contributed by atoms with Gasteiger partial charge in [0.25, 0.3) is 0 Å². The molecule has 162 valence electrons. The van der Waals surface area contributed by atoms with Gasteiger partial charge in [0.2, 0.25) is 0 Å². The van der Waals surface area contributed by atoms with Crippen molar-refractivity contribution >= 4 is 21.9 Å². The Balaban J connectivity index is 1.96. The Kier molecular flexibility index (Phi) is 4.40. The summed E-state index contributed by atoms with van der Waals surface area (Å²) < 4.78 is 28.5. The van der Waals surface area contributed by atoms with Gasteiger partial charge >= 0.3 is 5.69 Å². The smallest absolute Gasteiger partial charge is 0.333 e. The zero-order valence-corrected chi connectivity index (χ0v) is 17.7. The van der Waals surface area contributed by atoms with Crippen molar-refractivity contribution in [1.82, 2.24) is 34.1 Å². The highest BCUT2D eigenvalue weighted by atomic mass is 19.1. The SMILES string of the molecule is COc1cc2ncc3c(c2cc1-c1cnn(C)n1)n(-c1c(F)cncc1OC)c(=O)n3C. The molecule has 0 spiro atoms. The zero-order chi connectivity index (χ0) is 22.6. The third kappa shape index (κ3) is 2.74. The average molecular weight is 435 g/mol. The van der Waals surface area contributed by atoms with Crippen molar-refractivity contribution in [3.05, 3.63) is 53.2 Å². The van der Waals surface area contributed by atoms with Gasteiger partial charge < -0.3 is 9.47 Å². The fourth-order valence-electron chi connectivity index (χ4n) is 3.85. The summed E-state index contributed by atoms with van der Waals surface area (Å²) in [7, 11) is 6.26. The van der Waals surface area contributed by atoms with Crippen LogP contribution in [0.1, 0.15) is 0 Å². The predicted octanol–water partition coefficient (Wildman–Crippen LogP) is 2.22. The maximum Gasteiger partial charge on any atom is 0.333 e. The van der Waals surface area contributed by atoms with E-state index in [0.29, 0.717) is 38.9 Å². The van der Waals surface area contributed by atoms with E-state index in [1.807, 2.05) is 6.07 Å². The molecule has 0 aliphatic carbocycles. The van der Waals surface area contributed by atoms with Gasteiger partial charge in [-0.05, 0) is 6.07 Å². The van der Waals surface area contributed by atoms with Crippen LogP contribution in [0.5, 0.6) is 11.5 Å². The topological polar surface area (TPSA) is 102 Å². The molecule has 0 atom stereocenters. The summed E-state index contributed by atoms with van der Waals surface area (Å²) in [6.07, 6.45) is 5.59. The summed E-state index contributed by atoms with van der Waals surface area (Å²) in [4.78, 5) is 23.0. The molecule has 10 nitrogen and oxygen atoms in total. The molecule has 0 saturated carbocycles. The molecule has 0 amide bonds. The molecule has 4 aromatic heterocycles. The Hall–Kier alpha value is -4.28. The first-order valence-corrected chi connectivity index (χ1v) is 9.57. The molecule has 5 aromatic rings. The van der Waals surface area contributed by atoms with Gasteiger partial charge in [-0.2, -0.15) is 15.0 Å². The Labute approximate surface area is 180 Å². The van der Waals surface area contributed by atoms with Gasteiger partial charge in [-0.15, -0.1) is 0 Å². The number of methoxy groups -OCH3 is 2. The third-order valence-electron chi connectivity index (χ3n) is 5.36. The van der Waals surface area contributed by atoms with Gasteiger partial charge in [-0.25, -0.2) is 9.18 Å². The fraction of sp³-hybridized carbons (Fsp3) is 0.190. The second-order valence-corrected chi connectivity index (χ2v) is 7.13. The minimum Gasteiger partial charge on any atom is -0.496 e. The maximum absolute atomic E-state index is 14.9. The quantitative estimate of drug-likeness (QED) is 0.427. The Morgan fingerprint density at radius 3 is 2.47 bits per heavy atom. The first kappa shape index (κ1) is 19.7. The van der Waals surface area contributed by atoms with Crippen LogP contribution in [-0.2, 0) is 14.1 Å². The third-order valence-corrected chi connectivity index (χ3v) is 5.36. The van der Waals surface area contributed by atoms with Crippen molar-refractivity contribution in [2.45, 2.75) is 0 Å². The van der Waals surface area contributed by atoms with Crippen LogP contribution in [-0.4, -0.2) is 48.3 Å². The van der Waals surface area contributed by atoms with Crippen molar-refractivity contribution in [1.29, 1.82) is 0 Å². The number of ether oxygens (including phenoxy) is 2. The summed E-state index contributed by atoms with van der Waals surface area (Å²) in [6, 6.07) is 3.57. The molecular weight excluding hydrogens is 417 g/mol. The number of aryl methyl sites for hydroxylation is 2. The lowest BCUT2D eigenvalue weighted by Crippen LogP contribution is -2.22. The molecule has 1 aromatic carbocycles. The minimum atomic E-state index is -0.688. The standard InChI is InChI=1S/C21H18FN7O3/c1-27-16-9-24-14-6-17(31-3)11(15-8-25-28(2)26-15)5-12(14)19(16)29(21(27)30)20-13(22)7-23-10-18(20)32-4/h5-10H,1-4H3. The van der Waals surface area contributed by atoms with E-state index in [-0.39, 0.29) is 11.4 Å². The molecule has 4 heterocycles. The lowest BCUT2D eigenvalue weighted by atomic mass is 10.1. The summed E-state index contributed by atoms with van der Waals surface area (Å²) in [5, 5.41) is 9.11. The van der Waals surface area contributed by atoms with E-state index in [1.54, 1.807) is 39.7 Å². The van der Waals surface area contributed by atoms with Gasteiger partial charge in [0.15, 0.2) is 11.6 Å². The van der Waals surface area contributed by atoms with E-state index < -0.39 is 11.5 Å². The zero-order valence-electron chi connectivity index (χ0n) is 17.7. The molecule has 32 heavy (non-hydrogen) atoms. The molecule has 5 rings (SSSR count). The number of benzene rings is 1. The maximum atomic E-state index is 14.9. The molecule has 0 aliphatic heterocycles. The number of nitrogens with zero attached hydrogens (tertiary/aromatic N) is 7.